The zero-order valence-electron chi connectivity index (χ0n) is 10.7. The maximum absolute atomic E-state index is 5.94. The molecule has 0 N–H and O–H groups in total. The molecule has 0 spiro atoms. The molecule has 0 rings (SSSR count). The average molecular weight is 230 g/mol. The molecule has 0 radical (unpaired) electrons. The van der Waals surface area contributed by atoms with Crippen LogP contribution in [0.25, 0.3) is 0 Å². The predicted octanol–water partition coefficient (Wildman–Crippen LogP) is 3.66. The van der Waals surface area contributed by atoms with Crippen LogP contribution in [0.5, 0.6) is 0 Å². The Balaban J connectivity index is 4.36. The molecule has 2 nitrogen and oxygen atoms in total. The minimum atomic E-state index is -2.11. The van der Waals surface area contributed by atoms with E-state index in [1.54, 1.807) is 0 Å². The van der Waals surface area contributed by atoms with Gasteiger partial charge in [0, 0.05) is 13.2 Å². The molecule has 0 heterocycles. The predicted molar refractivity (Wildman–Crippen MR) is 68.1 cm³/mol. The number of hydrogen-bond acceptors (Lipinski definition) is 2. The van der Waals surface area contributed by atoms with E-state index in [0.29, 0.717) is 5.92 Å². The van der Waals surface area contributed by atoms with E-state index in [9.17, 15) is 0 Å². The summed E-state index contributed by atoms with van der Waals surface area (Å²) in [6, 6.07) is 1.01. The van der Waals surface area contributed by atoms with E-state index in [1.807, 2.05) is 5.70 Å². The highest BCUT2D eigenvalue weighted by molar-refractivity contribution is 6.72. The van der Waals surface area contributed by atoms with Gasteiger partial charge in [-0.2, -0.15) is 0 Å². The van der Waals surface area contributed by atoms with Crippen molar-refractivity contribution < 1.29 is 8.85 Å². The summed E-state index contributed by atoms with van der Waals surface area (Å²) >= 11 is 0. The Labute approximate surface area is 95.9 Å². The quantitative estimate of drug-likeness (QED) is 0.563. The van der Waals surface area contributed by atoms with Gasteiger partial charge in [0.2, 0.25) is 0 Å². The average Bonchev–Trinajstić information content (AvgIpc) is 2.22. The molecule has 0 fully saturated rings. The molecular formula is C12H26O2Si. The first-order valence-electron chi connectivity index (χ1n) is 6.01. The van der Waals surface area contributed by atoms with Gasteiger partial charge in [0.05, 0.1) is 0 Å². The van der Waals surface area contributed by atoms with Gasteiger partial charge >= 0.3 is 8.56 Å². The summed E-state index contributed by atoms with van der Waals surface area (Å²) in [6.45, 7) is 14.1. The van der Waals surface area contributed by atoms with Gasteiger partial charge in [-0.25, -0.2) is 0 Å². The summed E-state index contributed by atoms with van der Waals surface area (Å²) in [5, 5.41) is 0. The first kappa shape index (κ1) is 14.9. The largest absolute Gasteiger partial charge is 0.391 e. The van der Waals surface area contributed by atoms with Crippen LogP contribution in [0.1, 0.15) is 40.5 Å². The van der Waals surface area contributed by atoms with E-state index in [0.717, 1.165) is 32.1 Å². The Morgan fingerprint density at radius 2 is 1.60 bits per heavy atom. The molecule has 15 heavy (non-hydrogen) atoms. The fourth-order valence-electron chi connectivity index (χ4n) is 1.48. The lowest BCUT2D eigenvalue weighted by Gasteiger charge is -2.29. The van der Waals surface area contributed by atoms with Gasteiger partial charge in [-0.05, 0) is 30.5 Å². The van der Waals surface area contributed by atoms with Crippen molar-refractivity contribution in [2.45, 2.75) is 46.6 Å². The Bertz CT molecular complexity index is 161. The minimum Gasteiger partial charge on any atom is -0.391 e. The second-order valence-electron chi connectivity index (χ2n) is 4.31. The molecule has 0 bridgehead atoms. The zero-order chi connectivity index (χ0) is 11.7. The van der Waals surface area contributed by atoms with Crippen molar-refractivity contribution in [3.63, 3.8) is 0 Å². The van der Waals surface area contributed by atoms with Crippen molar-refractivity contribution in [1.29, 1.82) is 0 Å². The molecule has 0 saturated heterocycles. The van der Waals surface area contributed by atoms with Gasteiger partial charge in [0.25, 0.3) is 0 Å². The second-order valence-corrected chi connectivity index (χ2v) is 7.33. The van der Waals surface area contributed by atoms with Gasteiger partial charge in [-0.1, -0.05) is 27.7 Å². The SMILES string of the molecule is C=C[Si](CC(C)C)(OCCC)OCCC. The summed E-state index contributed by atoms with van der Waals surface area (Å²) in [6.07, 6.45) is 2.08. The molecule has 0 amide bonds. The van der Waals surface area contributed by atoms with Gasteiger partial charge in [-0.15, -0.1) is 6.58 Å². The molecule has 0 aliphatic rings. The van der Waals surface area contributed by atoms with Gasteiger partial charge in [0.1, 0.15) is 0 Å². The summed E-state index contributed by atoms with van der Waals surface area (Å²) in [7, 11) is -2.11. The molecule has 3 heteroatoms. The Morgan fingerprint density at radius 3 is 1.87 bits per heavy atom. The van der Waals surface area contributed by atoms with E-state index in [-0.39, 0.29) is 0 Å². The van der Waals surface area contributed by atoms with Crippen molar-refractivity contribution in [3.8, 4) is 0 Å². The standard InChI is InChI=1S/C12H26O2Si/c1-6-9-13-15(8-3,11-12(4)5)14-10-7-2/h8,12H,3,6-7,9-11H2,1-2,4-5H3. The molecule has 0 aromatic rings. The highest BCUT2D eigenvalue weighted by atomic mass is 28.4. The number of hydrogen-bond donors (Lipinski definition) is 0. The molecule has 0 aliphatic carbocycles. The lowest BCUT2D eigenvalue weighted by Crippen LogP contribution is -2.42. The Morgan fingerprint density at radius 1 is 1.13 bits per heavy atom. The van der Waals surface area contributed by atoms with Crippen LogP contribution in [0, 0.1) is 5.92 Å². The lowest BCUT2D eigenvalue weighted by molar-refractivity contribution is 0.175. The van der Waals surface area contributed by atoms with Crippen LogP contribution in [0.4, 0.5) is 0 Å². The Kier molecular flexibility index (Phi) is 8.01. The Hall–Kier alpha value is -0.123. The van der Waals surface area contributed by atoms with Crippen LogP contribution >= 0.6 is 0 Å². The summed E-state index contributed by atoms with van der Waals surface area (Å²) < 4.78 is 11.9. The third-order valence-corrected chi connectivity index (χ3v) is 5.50. The fraction of sp³-hybridized carbons (Fsp3) is 0.833. The van der Waals surface area contributed by atoms with Crippen molar-refractivity contribution in [2.24, 2.45) is 5.92 Å². The van der Waals surface area contributed by atoms with E-state index >= 15 is 0 Å². The van der Waals surface area contributed by atoms with E-state index in [1.165, 1.54) is 0 Å². The van der Waals surface area contributed by atoms with Crippen LogP contribution in [-0.4, -0.2) is 21.8 Å². The van der Waals surface area contributed by atoms with E-state index in [2.05, 4.69) is 34.3 Å². The normalized spacial score (nSPS) is 12.1. The maximum atomic E-state index is 5.94. The van der Waals surface area contributed by atoms with Crippen LogP contribution in [-0.2, 0) is 8.85 Å². The molecule has 0 aromatic carbocycles. The summed E-state index contributed by atoms with van der Waals surface area (Å²) in [5.74, 6) is 0.600. The molecule has 90 valence electrons. The maximum Gasteiger partial charge on any atom is 0.364 e. The summed E-state index contributed by atoms with van der Waals surface area (Å²) in [4.78, 5) is 0. The second kappa shape index (κ2) is 8.08. The van der Waals surface area contributed by atoms with E-state index in [4.69, 9.17) is 8.85 Å². The molecular weight excluding hydrogens is 204 g/mol. The molecule has 0 atom stereocenters. The highest BCUT2D eigenvalue weighted by Gasteiger charge is 2.34. The first-order chi connectivity index (χ1) is 7.10. The monoisotopic (exact) mass is 230 g/mol. The first-order valence-corrected chi connectivity index (χ1v) is 8.11. The third kappa shape index (κ3) is 6.13. The van der Waals surface area contributed by atoms with Gasteiger partial charge < -0.3 is 8.85 Å². The highest BCUT2D eigenvalue weighted by Crippen LogP contribution is 2.21. The fourth-order valence-corrected chi connectivity index (χ4v) is 4.44. The summed E-state index contributed by atoms with van der Waals surface area (Å²) in [5.41, 5.74) is 1.94. The zero-order valence-corrected chi connectivity index (χ0v) is 11.7. The smallest absolute Gasteiger partial charge is 0.364 e. The lowest BCUT2D eigenvalue weighted by atomic mass is 10.3. The topological polar surface area (TPSA) is 18.5 Å². The third-order valence-electron chi connectivity index (χ3n) is 2.10. The molecule has 0 saturated carbocycles. The van der Waals surface area contributed by atoms with Crippen LogP contribution in [0.3, 0.4) is 0 Å². The van der Waals surface area contributed by atoms with Crippen molar-refractivity contribution in [2.75, 3.05) is 13.2 Å². The minimum absolute atomic E-state index is 0.600. The van der Waals surface area contributed by atoms with Gasteiger partial charge in [0.15, 0.2) is 0 Å². The van der Waals surface area contributed by atoms with Crippen molar-refractivity contribution in [3.05, 3.63) is 12.3 Å². The van der Waals surface area contributed by atoms with Gasteiger partial charge in [-0.3, -0.25) is 0 Å². The molecule has 0 aromatic heterocycles. The number of rotatable bonds is 9. The van der Waals surface area contributed by atoms with Crippen LogP contribution in [0.2, 0.25) is 6.04 Å². The molecule has 0 unspecified atom stereocenters. The van der Waals surface area contributed by atoms with Crippen molar-refractivity contribution in [1.82, 2.24) is 0 Å². The van der Waals surface area contributed by atoms with Crippen molar-refractivity contribution >= 4 is 8.56 Å². The molecule has 0 aliphatic heterocycles. The van der Waals surface area contributed by atoms with Crippen LogP contribution < -0.4 is 0 Å². The van der Waals surface area contributed by atoms with Crippen LogP contribution in [0.15, 0.2) is 12.3 Å². The van der Waals surface area contributed by atoms with E-state index < -0.39 is 8.56 Å².